The van der Waals surface area contributed by atoms with Gasteiger partial charge in [-0.05, 0) is 50.3 Å². The van der Waals surface area contributed by atoms with Crippen molar-refractivity contribution in [3.05, 3.63) is 23.8 Å². The van der Waals surface area contributed by atoms with Gasteiger partial charge >= 0.3 is 0 Å². The summed E-state index contributed by atoms with van der Waals surface area (Å²) in [6.07, 6.45) is 6.61. The molecular formula is C18H29NO2. The molecule has 0 heterocycles. The molecule has 118 valence electrons. The Morgan fingerprint density at radius 3 is 2.57 bits per heavy atom. The predicted molar refractivity (Wildman–Crippen MR) is 87.1 cm³/mol. The molecule has 1 aliphatic carbocycles. The fourth-order valence-corrected chi connectivity index (χ4v) is 2.71. The largest absolute Gasteiger partial charge is 0.490 e. The van der Waals surface area contributed by atoms with Gasteiger partial charge in [0.05, 0.1) is 12.7 Å². The average molecular weight is 291 g/mol. The van der Waals surface area contributed by atoms with Crippen LogP contribution in [0.1, 0.15) is 58.4 Å². The fraction of sp³-hybridized carbons (Fsp3) is 0.667. The quantitative estimate of drug-likeness (QED) is 0.812. The Kier molecular flexibility index (Phi) is 6.37. The van der Waals surface area contributed by atoms with Gasteiger partial charge in [0.25, 0.3) is 0 Å². The minimum atomic E-state index is 0.359. The summed E-state index contributed by atoms with van der Waals surface area (Å²) in [5.41, 5.74) is 1.24. The number of rotatable bonds is 7. The smallest absolute Gasteiger partial charge is 0.161 e. The first-order chi connectivity index (χ1) is 10.2. The highest BCUT2D eigenvalue weighted by atomic mass is 16.5. The molecule has 1 saturated carbocycles. The molecule has 0 unspecified atom stereocenters. The monoisotopic (exact) mass is 291 g/mol. The maximum atomic E-state index is 6.17. The lowest BCUT2D eigenvalue weighted by Gasteiger charge is -2.24. The molecule has 1 fully saturated rings. The van der Waals surface area contributed by atoms with E-state index >= 15 is 0 Å². The zero-order valence-electron chi connectivity index (χ0n) is 13.7. The Morgan fingerprint density at radius 1 is 1.14 bits per heavy atom. The van der Waals surface area contributed by atoms with Crippen LogP contribution in [0.5, 0.6) is 11.5 Å². The molecule has 0 amide bonds. The molecule has 1 aliphatic rings. The van der Waals surface area contributed by atoms with Crippen molar-refractivity contribution in [2.24, 2.45) is 0 Å². The van der Waals surface area contributed by atoms with Crippen LogP contribution in [0, 0.1) is 0 Å². The van der Waals surface area contributed by atoms with Gasteiger partial charge in [0.15, 0.2) is 11.5 Å². The van der Waals surface area contributed by atoms with Gasteiger partial charge < -0.3 is 14.8 Å². The second kappa shape index (κ2) is 8.28. The number of benzene rings is 1. The maximum absolute atomic E-state index is 6.17. The van der Waals surface area contributed by atoms with Crippen molar-refractivity contribution in [1.82, 2.24) is 5.32 Å². The Bertz CT molecular complexity index is 425. The normalized spacial score (nSPS) is 16.2. The van der Waals surface area contributed by atoms with E-state index in [0.717, 1.165) is 18.0 Å². The first-order valence-electron chi connectivity index (χ1n) is 8.34. The molecule has 1 N–H and O–H groups in total. The van der Waals surface area contributed by atoms with Crippen LogP contribution in [0.25, 0.3) is 0 Å². The van der Waals surface area contributed by atoms with Gasteiger partial charge in [-0.2, -0.15) is 0 Å². The second-order valence-corrected chi connectivity index (χ2v) is 6.13. The molecule has 0 spiro atoms. The SMILES string of the molecule is CCOc1cc(CNC(C)C)ccc1OC1CCCCC1. The van der Waals surface area contributed by atoms with Crippen molar-refractivity contribution in [3.8, 4) is 11.5 Å². The third kappa shape index (κ3) is 5.24. The van der Waals surface area contributed by atoms with E-state index in [1.165, 1.54) is 37.7 Å². The van der Waals surface area contributed by atoms with Crippen molar-refractivity contribution in [1.29, 1.82) is 0 Å². The zero-order valence-corrected chi connectivity index (χ0v) is 13.7. The molecule has 0 atom stereocenters. The third-order valence-corrected chi connectivity index (χ3v) is 3.87. The van der Waals surface area contributed by atoms with Gasteiger partial charge in [-0.3, -0.25) is 0 Å². The van der Waals surface area contributed by atoms with Crippen molar-refractivity contribution in [2.45, 2.75) is 71.6 Å². The van der Waals surface area contributed by atoms with Crippen LogP contribution in [0.3, 0.4) is 0 Å². The molecule has 1 aromatic rings. The number of ether oxygens (including phenoxy) is 2. The Morgan fingerprint density at radius 2 is 1.90 bits per heavy atom. The standard InChI is InChI=1S/C18H29NO2/c1-4-20-18-12-15(13-19-14(2)3)10-11-17(18)21-16-8-6-5-7-9-16/h10-12,14,16,19H,4-9,13H2,1-3H3. The van der Waals surface area contributed by atoms with E-state index in [2.05, 4.69) is 37.4 Å². The van der Waals surface area contributed by atoms with E-state index in [-0.39, 0.29) is 0 Å². The first kappa shape index (κ1) is 16.2. The Hall–Kier alpha value is -1.22. The number of hydrogen-bond donors (Lipinski definition) is 1. The van der Waals surface area contributed by atoms with Crippen molar-refractivity contribution in [3.63, 3.8) is 0 Å². The molecular weight excluding hydrogens is 262 g/mol. The summed E-state index contributed by atoms with van der Waals surface area (Å²) >= 11 is 0. The van der Waals surface area contributed by atoms with E-state index in [1.807, 2.05) is 6.92 Å². The molecule has 0 aromatic heterocycles. The Balaban J connectivity index is 2.04. The fourth-order valence-electron chi connectivity index (χ4n) is 2.71. The minimum absolute atomic E-state index is 0.359. The lowest BCUT2D eigenvalue weighted by atomic mass is 9.98. The van der Waals surface area contributed by atoms with Gasteiger partial charge in [0.2, 0.25) is 0 Å². The van der Waals surface area contributed by atoms with Crippen molar-refractivity contribution < 1.29 is 9.47 Å². The van der Waals surface area contributed by atoms with Gasteiger partial charge in [-0.1, -0.05) is 26.3 Å². The summed E-state index contributed by atoms with van der Waals surface area (Å²) in [6.45, 7) is 7.86. The molecule has 0 aliphatic heterocycles. The van der Waals surface area contributed by atoms with Gasteiger partial charge in [0.1, 0.15) is 0 Å². The molecule has 0 radical (unpaired) electrons. The summed E-state index contributed by atoms with van der Waals surface area (Å²) in [6, 6.07) is 6.79. The second-order valence-electron chi connectivity index (χ2n) is 6.13. The highest BCUT2D eigenvalue weighted by Crippen LogP contribution is 2.32. The molecule has 3 heteroatoms. The minimum Gasteiger partial charge on any atom is -0.490 e. The molecule has 3 nitrogen and oxygen atoms in total. The summed E-state index contributed by atoms with van der Waals surface area (Å²) < 4.78 is 11.9. The third-order valence-electron chi connectivity index (χ3n) is 3.87. The molecule has 0 saturated heterocycles. The van der Waals surface area contributed by atoms with E-state index in [9.17, 15) is 0 Å². The zero-order chi connectivity index (χ0) is 15.1. The Labute approximate surface area is 129 Å². The van der Waals surface area contributed by atoms with E-state index < -0.39 is 0 Å². The molecule has 2 rings (SSSR count). The first-order valence-corrected chi connectivity index (χ1v) is 8.34. The van der Waals surface area contributed by atoms with Crippen LogP contribution in [0.15, 0.2) is 18.2 Å². The highest BCUT2D eigenvalue weighted by molar-refractivity contribution is 5.43. The number of nitrogens with one attached hydrogen (secondary N) is 1. The predicted octanol–water partition coefficient (Wildman–Crippen LogP) is 4.29. The van der Waals surface area contributed by atoms with Gasteiger partial charge in [0, 0.05) is 12.6 Å². The van der Waals surface area contributed by atoms with Crippen LogP contribution in [0.4, 0.5) is 0 Å². The van der Waals surface area contributed by atoms with E-state index in [0.29, 0.717) is 18.8 Å². The van der Waals surface area contributed by atoms with Gasteiger partial charge in [-0.25, -0.2) is 0 Å². The average Bonchev–Trinajstić information content (AvgIpc) is 2.49. The molecule has 21 heavy (non-hydrogen) atoms. The van der Waals surface area contributed by atoms with Crippen LogP contribution < -0.4 is 14.8 Å². The van der Waals surface area contributed by atoms with Crippen LogP contribution in [0.2, 0.25) is 0 Å². The van der Waals surface area contributed by atoms with Crippen molar-refractivity contribution in [2.75, 3.05) is 6.61 Å². The molecule has 0 bridgehead atoms. The van der Waals surface area contributed by atoms with Gasteiger partial charge in [-0.15, -0.1) is 0 Å². The van der Waals surface area contributed by atoms with Crippen LogP contribution >= 0.6 is 0 Å². The van der Waals surface area contributed by atoms with Crippen LogP contribution in [-0.2, 0) is 6.54 Å². The number of hydrogen-bond acceptors (Lipinski definition) is 3. The lowest BCUT2D eigenvalue weighted by molar-refractivity contribution is 0.147. The van der Waals surface area contributed by atoms with E-state index in [4.69, 9.17) is 9.47 Å². The highest BCUT2D eigenvalue weighted by Gasteiger charge is 2.17. The topological polar surface area (TPSA) is 30.5 Å². The van der Waals surface area contributed by atoms with Crippen molar-refractivity contribution >= 4 is 0 Å². The lowest BCUT2D eigenvalue weighted by Crippen LogP contribution is -2.22. The molecule has 1 aromatic carbocycles. The van der Waals surface area contributed by atoms with Crippen LogP contribution in [-0.4, -0.2) is 18.8 Å². The summed E-state index contributed by atoms with van der Waals surface area (Å²) in [5.74, 6) is 1.78. The summed E-state index contributed by atoms with van der Waals surface area (Å²) in [4.78, 5) is 0. The van der Waals surface area contributed by atoms with E-state index in [1.54, 1.807) is 0 Å². The summed E-state index contributed by atoms with van der Waals surface area (Å²) in [5, 5.41) is 3.44. The maximum Gasteiger partial charge on any atom is 0.161 e. The summed E-state index contributed by atoms with van der Waals surface area (Å²) in [7, 11) is 0.